The van der Waals surface area contributed by atoms with Gasteiger partial charge in [0.15, 0.2) is 17.3 Å². The summed E-state index contributed by atoms with van der Waals surface area (Å²) in [7, 11) is 5.01. The normalized spacial score (nSPS) is 17.4. The zero-order chi connectivity index (χ0) is 22.6. The molecule has 0 aromatic heterocycles. The maximum atomic E-state index is 13.7. The summed E-state index contributed by atoms with van der Waals surface area (Å²) in [4.78, 5) is 8.71. The number of methoxy groups -OCH3 is 3. The van der Waals surface area contributed by atoms with E-state index in [1.165, 1.54) is 12.1 Å². The summed E-state index contributed by atoms with van der Waals surface area (Å²) in [5.74, 6) is 0.537. The van der Waals surface area contributed by atoms with Gasteiger partial charge in [-0.05, 0) is 30.7 Å². The largest absolute Gasteiger partial charge is 0.493 e. The molecule has 0 unspecified atom stereocenters. The molecule has 0 atom stereocenters. The van der Waals surface area contributed by atoms with Gasteiger partial charge in [0.1, 0.15) is 12.5 Å². The van der Waals surface area contributed by atoms with Crippen molar-refractivity contribution in [1.29, 1.82) is 0 Å². The van der Waals surface area contributed by atoms with Crippen molar-refractivity contribution in [2.24, 2.45) is 4.99 Å². The molecule has 0 spiro atoms. The number of halogens is 1. The summed E-state index contributed by atoms with van der Waals surface area (Å²) in [6.45, 7) is 3.57. The highest BCUT2D eigenvalue weighted by molar-refractivity contribution is 5.93. The van der Waals surface area contributed by atoms with Crippen LogP contribution < -0.4 is 14.4 Å². The van der Waals surface area contributed by atoms with Gasteiger partial charge in [0.05, 0.1) is 25.9 Å². The number of nitrogens with zero attached hydrogens (tertiary/aromatic N) is 3. The molecule has 1 saturated heterocycles. The molecule has 0 amide bonds. The minimum atomic E-state index is -0.491. The Kier molecular flexibility index (Phi) is 6.93. The third kappa shape index (κ3) is 4.72. The minimum absolute atomic E-state index is 0.281. The van der Waals surface area contributed by atoms with Crippen LogP contribution in [0.5, 0.6) is 11.5 Å². The Hall–Kier alpha value is -2.68. The van der Waals surface area contributed by atoms with E-state index in [1.807, 2.05) is 29.3 Å². The topological polar surface area (TPSA) is 55.8 Å². The molecule has 4 rings (SSSR count). The molecule has 0 radical (unpaired) electrons. The van der Waals surface area contributed by atoms with E-state index in [0.717, 1.165) is 49.4 Å². The lowest BCUT2D eigenvalue weighted by molar-refractivity contribution is -0.195. The SMILES string of the molecule is COc1cc2c(cc1OCCCN1CCC(OC)(OC)C1)C=NCN2c1cccc(F)c1. The van der Waals surface area contributed by atoms with Crippen molar-refractivity contribution in [2.75, 3.05) is 59.1 Å². The number of likely N-dealkylation sites (tertiary alicyclic amines) is 1. The maximum Gasteiger partial charge on any atom is 0.181 e. The van der Waals surface area contributed by atoms with E-state index in [2.05, 4.69) is 9.89 Å². The van der Waals surface area contributed by atoms with Crippen LogP contribution in [0.4, 0.5) is 15.8 Å². The summed E-state index contributed by atoms with van der Waals surface area (Å²) in [5, 5.41) is 0. The standard InChI is InChI=1S/C24H30FN3O4/c1-29-22-14-21-18(15-26-17-28(21)20-7-4-6-19(25)13-20)12-23(22)32-11-5-9-27-10-8-24(16-27,30-2)31-3/h4,6-7,12-15H,5,8-11,16-17H2,1-3H3. The highest BCUT2D eigenvalue weighted by atomic mass is 19.1. The Morgan fingerprint density at radius 3 is 2.66 bits per heavy atom. The molecule has 0 bridgehead atoms. The molecular weight excluding hydrogens is 413 g/mol. The van der Waals surface area contributed by atoms with Crippen LogP contribution in [0.2, 0.25) is 0 Å². The van der Waals surface area contributed by atoms with Crippen LogP contribution in [-0.2, 0) is 9.47 Å². The van der Waals surface area contributed by atoms with Gasteiger partial charge in [-0.15, -0.1) is 0 Å². The second-order valence-electron chi connectivity index (χ2n) is 7.97. The Bertz CT molecular complexity index is 964. The number of rotatable bonds is 9. The zero-order valence-electron chi connectivity index (χ0n) is 18.8. The molecule has 0 aliphatic carbocycles. The predicted octanol–water partition coefficient (Wildman–Crippen LogP) is 3.83. The van der Waals surface area contributed by atoms with Gasteiger partial charge >= 0.3 is 0 Å². The molecule has 7 nitrogen and oxygen atoms in total. The van der Waals surface area contributed by atoms with Crippen LogP contribution in [0.25, 0.3) is 0 Å². The molecule has 1 fully saturated rings. The molecule has 8 heteroatoms. The van der Waals surface area contributed by atoms with Gasteiger partial charge < -0.3 is 23.8 Å². The summed E-state index contributed by atoms with van der Waals surface area (Å²) >= 11 is 0. The Morgan fingerprint density at radius 1 is 1.09 bits per heavy atom. The number of benzene rings is 2. The smallest absolute Gasteiger partial charge is 0.181 e. The van der Waals surface area contributed by atoms with E-state index < -0.39 is 5.79 Å². The zero-order valence-corrected chi connectivity index (χ0v) is 18.8. The quantitative estimate of drug-likeness (QED) is 0.434. The monoisotopic (exact) mass is 443 g/mol. The van der Waals surface area contributed by atoms with E-state index >= 15 is 0 Å². The number of fused-ring (bicyclic) bond motifs is 1. The van der Waals surface area contributed by atoms with Crippen LogP contribution in [0.15, 0.2) is 41.4 Å². The summed E-state index contributed by atoms with van der Waals surface area (Å²) in [5.41, 5.74) is 2.55. The second-order valence-corrected chi connectivity index (χ2v) is 7.97. The lowest BCUT2D eigenvalue weighted by Gasteiger charge is -2.28. The fourth-order valence-electron chi connectivity index (χ4n) is 4.24. The van der Waals surface area contributed by atoms with Crippen molar-refractivity contribution in [2.45, 2.75) is 18.6 Å². The van der Waals surface area contributed by atoms with E-state index in [0.29, 0.717) is 24.8 Å². The first-order valence-electron chi connectivity index (χ1n) is 10.8. The summed E-state index contributed by atoms with van der Waals surface area (Å²) in [6.07, 6.45) is 3.55. The van der Waals surface area contributed by atoms with Crippen LogP contribution in [0.3, 0.4) is 0 Å². The van der Waals surface area contributed by atoms with Crippen LogP contribution in [-0.4, -0.2) is 71.1 Å². The van der Waals surface area contributed by atoms with Crippen molar-refractivity contribution >= 4 is 17.6 Å². The predicted molar refractivity (Wildman–Crippen MR) is 122 cm³/mol. The Labute approximate surface area is 188 Å². The maximum absolute atomic E-state index is 13.7. The van der Waals surface area contributed by atoms with Crippen molar-refractivity contribution in [3.05, 3.63) is 47.8 Å². The second kappa shape index (κ2) is 9.85. The molecule has 0 N–H and O–H groups in total. The third-order valence-corrected chi connectivity index (χ3v) is 6.07. The van der Waals surface area contributed by atoms with E-state index in [-0.39, 0.29) is 5.82 Å². The highest BCUT2D eigenvalue weighted by Crippen LogP contribution is 2.39. The summed E-state index contributed by atoms with van der Waals surface area (Å²) in [6, 6.07) is 10.3. The third-order valence-electron chi connectivity index (χ3n) is 6.07. The minimum Gasteiger partial charge on any atom is -0.493 e. The first kappa shape index (κ1) is 22.5. The number of ether oxygens (including phenoxy) is 4. The fraction of sp³-hybridized carbons (Fsp3) is 0.458. The highest BCUT2D eigenvalue weighted by Gasteiger charge is 2.37. The first-order chi connectivity index (χ1) is 15.6. The summed E-state index contributed by atoms with van der Waals surface area (Å²) < 4.78 is 36.5. The van der Waals surface area contributed by atoms with Gasteiger partial charge in [-0.3, -0.25) is 9.89 Å². The Balaban J connectivity index is 1.41. The fourth-order valence-corrected chi connectivity index (χ4v) is 4.24. The molecular formula is C24H30FN3O4. The molecule has 2 heterocycles. The van der Waals surface area contributed by atoms with Crippen molar-refractivity contribution in [3.63, 3.8) is 0 Å². The van der Waals surface area contributed by atoms with E-state index in [4.69, 9.17) is 18.9 Å². The molecule has 2 aromatic carbocycles. The number of hydrogen-bond acceptors (Lipinski definition) is 7. The van der Waals surface area contributed by atoms with Gasteiger partial charge in [0.25, 0.3) is 0 Å². The lowest BCUT2D eigenvalue weighted by atomic mass is 10.1. The molecule has 2 aliphatic rings. The lowest BCUT2D eigenvalue weighted by Crippen LogP contribution is -2.37. The van der Waals surface area contributed by atoms with Gasteiger partial charge in [-0.2, -0.15) is 0 Å². The molecule has 172 valence electrons. The van der Waals surface area contributed by atoms with Gasteiger partial charge in [-0.25, -0.2) is 4.39 Å². The van der Waals surface area contributed by atoms with Crippen molar-refractivity contribution < 1.29 is 23.3 Å². The molecule has 32 heavy (non-hydrogen) atoms. The average molecular weight is 444 g/mol. The number of hydrogen-bond donors (Lipinski definition) is 0. The van der Waals surface area contributed by atoms with E-state index in [9.17, 15) is 4.39 Å². The van der Waals surface area contributed by atoms with Crippen molar-refractivity contribution in [3.8, 4) is 11.5 Å². The van der Waals surface area contributed by atoms with Crippen LogP contribution in [0.1, 0.15) is 18.4 Å². The molecule has 0 saturated carbocycles. The number of aliphatic imine (C=N–C) groups is 1. The van der Waals surface area contributed by atoms with Crippen LogP contribution >= 0.6 is 0 Å². The molecule has 2 aliphatic heterocycles. The average Bonchev–Trinajstić information content (AvgIpc) is 3.25. The number of anilines is 2. The van der Waals surface area contributed by atoms with Gasteiger partial charge in [0.2, 0.25) is 0 Å². The van der Waals surface area contributed by atoms with Crippen molar-refractivity contribution in [1.82, 2.24) is 4.90 Å². The molecule has 2 aromatic rings. The first-order valence-corrected chi connectivity index (χ1v) is 10.8. The van der Waals surface area contributed by atoms with Gasteiger partial charge in [-0.1, -0.05) is 6.07 Å². The van der Waals surface area contributed by atoms with Gasteiger partial charge in [0, 0.05) is 57.3 Å². The van der Waals surface area contributed by atoms with Crippen LogP contribution in [0, 0.1) is 5.82 Å². The Morgan fingerprint density at radius 2 is 1.94 bits per heavy atom. The van der Waals surface area contributed by atoms with E-state index in [1.54, 1.807) is 27.4 Å².